The second kappa shape index (κ2) is 9.89. The number of amides is 2. The summed E-state index contributed by atoms with van der Waals surface area (Å²) >= 11 is 5.82. The Morgan fingerprint density at radius 1 is 1.21 bits per heavy atom. The Labute approximate surface area is 167 Å². The van der Waals surface area contributed by atoms with Crippen LogP contribution in [0, 0.1) is 12.8 Å². The molecular weight excluding hydrogens is 386 g/mol. The highest BCUT2D eigenvalue weighted by Crippen LogP contribution is 2.12. The molecule has 2 N–H and O–H groups in total. The van der Waals surface area contributed by atoms with E-state index in [1.54, 1.807) is 31.2 Å². The topological polar surface area (TPSA) is 111 Å². The molecule has 0 fully saturated rings. The van der Waals surface area contributed by atoms with E-state index < -0.39 is 30.4 Å². The van der Waals surface area contributed by atoms with Gasteiger partial charge < -0.3 is 19.9 Å². The van der Waals surface area contributed by atoms with E-state index in [0.717, 1.165) is 0 Å². The van der Waals surface area contributed by atoms with E-state index in [0.29, 0.717) is 22.8 Å². The van der Waals surface area contributed by atoms with Crippen LogP contribution in [0.2, 0.25) is 5.02 Å². The number of carbonyl (C=O) groups is 3. The van der Waals surface area contributed by atoms with Crippen molar-refractivity contribution in [3.8, 4) is 0 Å². The standard InChI is InChI=1S/C19H22ClN3O5/c1-11(2)8-15(21-18(25)13-4-6-14(20)7-5-13)19(26)27-10-17(24)22-16-9-12(3)28-23-16/h4-7,9,11,15H,8,10H2,1-3H3,(H,21,25)(H,22,23,24)/t15-/m0/s1. The first-order valence-electron chi connectivity index (χ1n) is 8.71. The molecule has 2 rings (SSSR count). The molecule has 0 unspecified atom stereocenters. The molecule has 1 heterocycles. The fraction of sp³-hybridized carbons (Fsp3) is 0.368. The molecule has 1 atom stereocenters. The molecule has 0 bridgehead atoms. The predicted octanol–water partition coefficient (Wildman–Crippen LogP) is 2.96. The average molecular weight is 408 g/mol. The molecule has 1 aromatic heterocycles. The number of anilines is 1. The molecule has 9 heteroatoms. The Morgan fingerprint density at radius 2 is 1.89 bits per heavy atom. The summed E-state index contributed by atoms with van der Waals surface area (Å²) in [5.74, 6) is -0.796. The van der Waals surface area contributed by atoms with Gasteiger partial charge in [-0.1, -0.05) is 30.6 Å². The number of rotatable bonds is 8. The van der Waals surface area contributed by atoms with Gasteiger partial charge in [0.25, 0.3) is 11.8 Å². The number of halogens is 1. The third kappa shape index (κ3) is 6.70. The van der Waals surface area contributed by atoms with Gasteiger partial charge in [-0.3, -0.25) is 9.59 Å². The molecule has 2 amide bonds. The second-order valence-corrected chi connectivity index (χ2v) is 7.08. The van der Waals surface area contributed by atoms with Crippen LogP contribution in [0.5, 0.6) is 0 Å². The number of hydrogen-bond acceptors (Lipinski definition) is 6. The largest absolute Gasteiger partial charge is 0.454 e. The Hall–Kier alpha value is -2.87. The van der Waals surface area contributed by atoms with Gasteiger partial charge in [0, 0.05) is 16.7 Å². The summed E-state index contributed by atoms with van der Waals surface area (Å²) in [4.78, 5) is 36.6. The van der Waals surface area contributed by atoms with Gasteiger partial charge in [0.15, 0.2) is 12.4 Å². The van der Waals surface area contributed by atoms with Crippen LogP contribution in [0.4, 0.5) is 5.82 Å². The smallest absolute Gasteiger partial charge is 0.329 e. The highest BCUT2D eigenvalue weighted by atomic mass is 35.5. The molecule has 28 heavy (non-hydrogen) atoms. The summed E-state index contributed by atoms with van der Waals surface area (Å²) in [6, 6.07) is 6.94. The summed E-state index contributed by atoms with van der Waals surface area (Å²) in [6.45, 7) is 5.00. The molecule has 0 aliphatic heterocycles. The summed E-state index contributed by atoms with van der Waals surface area (Å²) in [7, 11) is 0. The molecule has 0 aliphatic carbocycles. The molecule has 0 aliphatic rings. The lowest BCUT2D eigenvalue weighted by molar-refractivity contribution is -0.149. The first-order valence-corrected chi connectivity index (χ1v) is 9.08. The van der Waals surface area contributed by atoms with Gasteiger partial charge in [0.05, 0.1) is 0 Å². The minimum absolute atomic E-state index is 0.120. The summed E-state index contributed by atoms with van der Waals surface area (Å²) in [6.07, 6.45) is 0.363. The van der Waals surface area contributed by atoms with E-state index >= 15 is 0 Å². The Balaban J connectivity index is 1.93. The van der Waals surface area contributed by atoms with Crippen LogP contribution in [0.3, 0.4) is 0 Å². The third-order valence-corrected chi connectivity index (χ3v) is 3.90. The number of hydrogen-bond donors (Lipinski definition) is 2. The number of nitrogens with one attached hydrogen (secondary N) is 2. The van der Waals surface area contributed by atoms with E-state index in [1.165, 1.54) is 6.07 Å². The number of benzene rings is 1. The molecule has 0 spiro atoms. The lowest BCUT2D eigenvalue weighted by atomic mass is 10.0. The zero-order valence-corrected chi connectivity index (χ0v) is 16.6. The monoisotopic (exact) mass is 407 g/mol. The van der Waals surface area contributed by atoms with Crippen LogP contribution >= 0.6 is 11.6 Å². The normalized spacial score (nSPS) is 11.8. The summed E-state index contributed by atoms with van der Waals surface area (Å²) < 4.78 is 9.89. The van der Waals surface area contributed by atoms with Crippen molar-refractivity contribution >= 4 is 35.2 Å². The van der Waals surface area contributed by atoms with Gasteiger partial charge in [0.2, 0.25) is 0 Å². The van der Waals surface area contributed by atoms with Gasteiger partial charge in [-0.2, -0.15) is 0 Å². The van der Waals surface area contributed by atoms with E-state index in [4.69, 9.17) is 20.9 Å². The zero-order valence-electron chi connectivity index (χ0n) is 15.8. The highest BCUT2D eigenvalue weighted by Gasteiger charge is 2.25. The van der Waals surface area contributed by atoms with Crippen molar-refractivity contribution in [2.24, 2.45) is 5.92 Å². The Kier molecular flexibility index (Phi) is 7.57. The van der Waals surface area contributed by atoms with Crippen molar-refractivity contribution in [2.45, 2.75) is 33.2 Å². The zero-order chi connectivity index (χ0) is 20.7. The minimum Gasteiger partial charge on any atom is -0.454 e. The molecule has 0 saturated carbocycles. The fourth-order valence-corrected chi connectivity index (χ4v) is 2.50. The number of aromatic nitrogens is 1. The van der Waals surface area contributed by atoms with Crippen molar-refractivity contribution in [1.82, 2.24) is 10.5 Å². The van der Waals surface area contributed by atoms with Crippen LogP contribution in [0.15, 0.2) is 34.9 Å². The van der Waals surface area contributed by atoms with E-state index in [1.807, 2.05) is 13.8 Å². The molecule has 2 aromatic rings. The van der Waals surface area contributed by atoms with E-state index in [2.05, 4.69) is 15.8 Å². The van der Waals surface area contributed by atoms with Crippen molar-refractivity contribution in [2.75, 3.05) is 11.9 Å². The number of ether oxygens (including phenoxy) is 1. The lowest BCUT2D eigenvalue weighted by Crippen LogP contribution is -2.43. The molecule has 0 radical (unpaired) electrons. The van der Waals surface area contributed by atoms with Crippen LogP contribution in [-0.4, -0.2) is 35.6 Å². The number of aryl methyl sites for hydroxylation is 1. The summed E-state index contributed by atoms with van der Waals surface area (Å²) in [5.41, 5.74) is 0.366. The van der Waals surface area contributed by atoms with Crippen molar-refractivity contribution in [3.05, 3.63) is 46.7 Å². The molecule has 1 aromatic carbocycles. The maximum absolute atomic E-state index is 12.4. The van der Waals surface area contributed by atoms with Crippen molar-refractivity contribution in [1.29, 1.82) is 0 Å². The SMILES string of the molecule is Cc1cc(NC(=O)COC(=O)[C@H](CC(C)C)NC(=O)c2ccc(Cl)cc2)no1. The Bertz CT molecular complexity index is 832. The molecule has 0 saturated heterocycles. The summed E-state index contributed by atoms with van der Waals surface area (Å²) in [5, 5.41) is 9.22. The van der Waals surface area contributed by atoms with Crippen molar-refractivity contribution < 1.29 is 23.6 Å². The Morgan fingerprint density at radius 3 is 2.46 bits per heavy atom. The second-order valence-electron chi connectivity index (χ2n) is 6.64. The van der Waals surface area contributed by atoms with Crippen molar-refractivity contribution in [3.63, 3.8) is 0 Å². The van der Waals surface area contributed by atoms with E-state index in [9.17, 15) is 14.4 Å². The maximum atomic E-state index is 12.4. The van der Waals surface area contributed by atoms with Gasteiger partial charge >= 0.3 is 5.97 Å². The van der Waals surface area contributed by atoms with Gasteiger partial charge in [-0.25, -0.2) is 4.79 Å². The quantitative estimate of drug-likeness (QED) is 0.651. The average Bonchev–Trinajstić information content (AvgIpc) is 3.03. The van der Waals surface area contributed by atoms with E-state index in [-0.39, 0.29) is 11.7 Å². The molecular formula is C19H22ClN3O5. The molecule has 150 valence electrons. The fourth-order valence-electron chi connectivity index (χ4n) is 2.37. The molecule has 8 nitrogen and oxygen atoms in total. The number of carbonyl (C=O) groups excluding carboxylic acids is 3. The highest BCUT2D eigenvalue weighted by molar-refractivity contribution is 6.30. The van der Waals surface area contributed by atoms with Gasteiger partial charge in [0.1, 0.15) is 11.8 Å². The van der Waals surface area contributed by atoms with Gasteiger partial charge in [-0.05, 0) is 43.5 Å². The lowest BCUT2D eigenvalue weighted by Gasteiger charge is -2.19. The maximum Gasteiger partial charge on any atom is 0.329 e. The predicted molar refractivity (Wildman–Crippen MR) is 103 cm³/mol. The first-order chi connectivity index (χ1) is 13.2. The van der Waals surface area contributed by atoms with Crippen LogP contribution in [0.1, 0.15) is 36.4 Å². The number of esters is 1. The van der Waals surface area contributed by atoms with Crippen LogP contribution < -0.4 is 10.6 Å². The third-order valence-electron chi connectivity index (χ3n) is 3.64. The van der Waals surface area contributed by atoms with Crippen LogP contribution in [0.25, 0.3) is 0 Å². The number of nitrogens with zero attached hydrogens (tertiary/aromatic N) is 1. The minimum atomic E-state index is -0.884. The van der Waals surface area contributed by atoms with Gasteiger partial charge in [-0.15, -0.1) is 0 Å². The first kappa shape index (κ1) is 21.4. The van der Waals surface area contributed by atoms with Crippen LogP contribution in [-0.2, 0) is 14.3 Å².